The van der Waals surface area contributed by atoms with Crippen molar-refractivity contribution in [2.75, 3.05) is 10.2 Å². The van der Waals surface area contributed by atoms with Crippen LogP contribution in [0.2, 0.25) is 0 Å². The maximum atomic E-state index is 13.4. The number of anilines is 2. The summed E-state index contributed by atoms with van der Waals surface area (Å²) in [4.78, 5) is 52.9. The summed E-state index contributed by atoms with van der Waals surface area (Å²) < 4.78 is 0. The number of rotatable bonds is 7. The van der Waals surface area contributed by atoms with Gasteiger partial charge in [0.1, 0.15) is 0 Å². The van der Waals surface area contributed by atoms with E-state index in [0.29, 0.717) is 11.4 Å². The topological polar surface area (TPSA) is 110 Å². The molecule has 1 heterocycles. The second kappa shape index (κ2) is 11.1. The molecule has 0 radical (unpaired) electrons. The second-order valence-electron chi connectivity index (χ2n) is 9.42. The highest BCUT2D eigenvalue weighted by atomic mass is 32.2. The number of carbonyl (C=O) groups is 3. The largest absolute Gasteiger partial charge is 0.321 e. The molecule has 0 bridgehead atoms. The Balaban J connectivity index is 1.19. The lowest BCUT2D eigenvalue weighted by atomic mass is 10.0. The number of carbonyl (C=O) groups excluding carboxylic acids is 3. The van der Waals surface area contributed by atoms with Crippen LogP contribution in [0.3, 0.4) is 0 Å². The van der Waals surface area contributed by atoms with Crippen LogP contribution >= 0.6 is 11.8 Å². The molecule has 1 aliphatic heterocycles. The lowest BCUT2D eigenvalue weighted by Crippen LogP contribution is -2.29. The normalized spacial score (nSPS) is 12.2. The minimum atomic E-state index is -0.509. The Hall–Kier alpha value is -5.54. The number of hydrogen-bond acceptors (Lipinski definition) is 6. The average molecular weight is 572 g/mol. The Bertz CT molecular complexity index is 1860. The summed E-state index contributed by atoms with van der Waals surface area (Å²) in [6.45, 7) is 0. The van der Waals surface area contributed by atoms with E-state index >= 15 is 0 Å². The quantitative estimate of drug-likeness (QED) is 0.123. The minimum Gasteiger partial charge on any atom is -0.321 e. The summed E-state index contributed by atoms with van der Waals surface area (Å²) in [5.74, 6) is -1.37. The Labute approximate surface area is 244 Å². The van der Waals surface area contributed by atoms with Crippen molar-refractivity contribution in [1.29, 1.82) is 0 Å². The molecule has 1 N–H and O–H groups in total. The van der Waals surface area contributed by atoms with E-state index in [-0.39, 0.29) is 22.4 Å². The van der Waals surface area contributed by atoms with Crippen molar-refractivity contribution >= 4 is 46.5 Å². The van der Waals surface area contributed by atoms with Gasteiger partial charge in [-0.1, -0.05) is 60.3 Å². The van der Waals surface area contributed by atoms with Crippen LogP contribution in [-0.4, -0.2) is 22.6 Å². The SMILES string of the molecule is O=C(Nc1ccccc1-c1ccccc1)c1ccc2c(c1)C(=O)N(c1ccc(Sc3ccc([N+](=O)[O-])cc3)cc1)C2=O. The third-order valence-corrected chi connectivity index (χ3v) is 7.80. The summed E-state index contributed by atoms with van der Waals surface area (Å²) in [6, 6.07) is 34.7. The Morgan fingerprint density at radius 2 is 1.31 bits per heavy atom. The fourth-order valence-electron chi connectivity index (χ4n) is 4.71. The predicted molar refractivity (Wildman–Crippen MR) is 161 cm³/mol. The van der Waals surface area contributed by atoms with Gasteiger partial charge in [-0.25, -0.2) is 4.90 Å². The number of non-ortho nitro benzene ring substituents is 1. The molecule has 5 aromatic rings. The van der Waals surface area contributed by atoms with Crippen LogP contribution in [0.25, 0.3) is 11.1 Å². The van der Waals surface area contributed by atoms with Gasteiger partial charge < -0.3 is 5.32 Å². The molecule has 1 aliphatic rings. The van der Waals surface area contributed by atoms with Crippen LogP contribution in [-0.2, 0) is 0 Å². The molecule has 8 nitrogen and oxygen atoms in total. The highest BCUT2D eigenvalue weighted by molar-refractivity contribution is 7.99. The molecule has 5 aromatic carbocycles. The van der Waals surface area contributed by atoms with E-state index in [1.54, 1.807) is 36.4 Å². The van der Waals surface area contributed by atoms with E-state index in [0.717, 1.165) is 25.8 Å². The summed E-state index contributed by atoms with van der Waals surface area (Å²) in [6.07, 6.45) is 0. The van der Waals surface area contributed by atoms with Gasteiger partial charge in [-0.15, -0.1) is 0 Å². The van der Waals surface area contributed by atoms with Gasteiger partial charge in [-0.3, -0.25) is 24.5 Å². The van der Waals surface area contributed by atoms with Gasteiger partial charge in [0, 0.05) is 38.7 Å². The summed E-state index contributed by atoms with van der Waals surface area (Å²) in [5.41, 5.74) is 3.50. The molecule has 0 saturated heterocycles. The van der Waals surface area contributed by atoms with Crippen molar-refractivity contribution in [3.05, 3.63) is 148 Å². The first-order chi connectivity index (χ1) is 20.4. The van der Waals surface area contributed by atoms with Crippen molar-refractivity contribution in [2.24, 2.45) is 0 Å². The van der Waals surface area contributed by atoms with E-state index in [1.807, 2.05) is 54.6 Å². The van der Waals surface area contributed by atoms with Gasteiger partial charge in [0.2, 0.25) is 0 Å². The highest BCUT2D eigenvalue weighted by Crippen LogP contribution is 2.34. The Morgan fingerprint density at radius 1 is 0.690 bits per heavy atom. The van der Waals surface area contributed by atoms with Crippen molar-refractivity contribution in [3.8, 4) is 11.1 Å². The number of amides is 3. The van der Waals surface area contributed by atoms with E-state index in [1.165, 1.54) is 42.1 Å². The zero-order valence-electron chi connectivity index (χ0n) is 21.9. The Morgan fingerprint density at radius 3 is 2.00 bits per heavy atom. The predicted octanol–water partition coefficient (Wildman–Crippen LogP) is 7.47. The molecule has 3 amide bonds. The lowest BCUT2D eigenvalue weighted by Gasteiger charge is -2.14. The monoisotopic (exact) mass is 571 g/mol. The molecule has 0 fully saturated rings. The van der Waals surface area contributed by atoms with Crippen molar-refractivity contribution < 1.29 is 19.3 Å². The smallest absolute Gasteiger partial charge is 0.269 e. The molecular weight excluding hydrogens is 550 g/mol. The van der Waals surface area contributed by atoms with Gasteiger partial charge in [0.05, 0.1) is 21.7 Å². The molecule has 42 heavy (non-hydrogen) atoms. The maximum Gasteiger partial charge on any atom is 0.269 e. The van der Waals surface area contributed by atoms with Crippen LogP contribution in [0.5, 0.6) is 0 Å². The molecule has 6 rings (SSSR count). The molecule has 0 spiro atoms. The summed E-state index contributed by atoms with van der Waals surface area (Å²) in [5, 5.41) is 13.8. The molecule has 0 saturated carbocycles. The van der Waals surface area contributed by atoms with Crippen molar-refractivity contribution in [1.82, 2.24) is 0 Å². The molecule has 204 valence electrons. The molecule has 9 heteroatoms. The van der Waals surface area contributed by atoms with E-state index in [9.17, 15) is 24.5 Å². The first-order valence-corrected chi connectivity index (χ1v) is 13.7. The zero-order valence-corrected chi connectivity index (χ0v) is 22.7. The van der Waals surface area contributed by atoms with E-state index in [2.05, 4.69) is 5.32 Å². The number of nitro benzene ring substituents is 1. The van der Waals surface area contributed by atoms with Crippen LogP contribution in [0.1, 0.15) is 31.1 Å². The van der Waals surface area contributed by atoms with Crippen molar-refractivity contribution in [2.45, 2.75) is 9.79 Å². The zero-order chi connectivity index (χ0) is 29.2. The second-order valence-corrected chi connectivity index (χ2v) is 10.6. The van der Waals surface area contributed by atoms with Gasteiger partial charge in [-0.2, -0.15) is 0 Å². The fourth-order valence-corrected chi connectivity index (χ4v) is 5.52. The number of nitrogens with one attached hydrogen (secondary N) is 1. The molecular formula is C33H21N3O5S. The van der Waals surface area contributed by atoms with Crippen LogP contribution < -0.4 is 10.2 Å². The van der Waals surface area contributed by atoms with Gasteiger partial charge >= 0.3 is 0 Å². The standard InChI is InChI=1S/C33H21N3O5S/c37-31(34-30-9-5-4-8-27(30)21-6-2-1-3-7-21)22-10-19-28-29(20-22)33(39)35(32(28)38)23-11-15-25(16-12-23)42-26-17-13-24(14-18-26)36(40)41/h1-20H,(H,34,37). The fraction of sp³-hybridized carbons (Fsp3) is 0. The average Bonchev–Trinajstić information content (AvgIpc) is 3.27. The molecule has 0 unspecified atom stereocenters. The van der Waals surface area contributed by atoms with Crippen LogP contribution in [0.4, 0.5) is 17.1 Å². The number of benzene rings is 5. The van der Waals surface area contributed by atoms with Crippen LogP contribution in [0.15, 0.2) is 131 Å². The molecule has 0 atom stereocenters. The number of imide groups is 1. The van der Waals surface area contributed by atoms with Crippen LogP contribution in [0, 0.1) is 10.1 Å². The van der Waals surface area contributed by atoms with E-state index < -0.39 is 22.6 Å². The lowest BCUT2D eigenvalue weighted by molar-refractivity contribution is -0.384. The van der Waals surface area contributed by atoms with Crippen molar-refractivity contribution in [3.63, 3.8) is 0 Å². The number of fused-ring (bicyclic) bond motifs is 1. The van der Waals surface area contributed by atoms with Gasteiger partial charge in [-0.05, 0) is 66.2 Å². The number of hydrogen-bond donors (Lipinski definition) is 1. The number of nitrogens with zero attached hydrogens (tertiary/aromatic N) is 2. The minimum absolute atomic E-state index is 0.0120. The van der Waals surface area contributed by atoms with Gasteiger partial charge in [0.15, 0.2) is 0 Å². The number of nitro groups is 1. The summed E-state index contributed by atoms with van der Waals surface area (Å²) in [7, 11) is 0. The molecule has 0 aromatic heterocycles. The molecule has 0 aliphatic carbocycles. The highest BCUT2D eigenvalue weighted by Gasteiger charge is 2.37. The summed E-state index contributed by atoms with van der Waals surface area (Å²) >= 11 is 1.40. The van der Waals surface area contributed by atoms with Gasteiger partial charge in [0.25, 0.3) is 23.4 Å². The first kappa shape index (κ1) is 26.7. The Kier molecular flexibility index (Phi) is 7.08. The third kappa shape index (κ3) is 5.16. The maximum absolute atomic E-state index is 13.4. The first-order valence-electron chi connectivity index (χ1n) is 12.9. The van der Waals surface area contributed by atoms with E-state index in [4.69, 9.17) is 0 Å². The third-order valence-electron chi connectivity index (χ3n) is 6.79. The number of para-hydroxylation sites is 1.